The largest absolute Gasteiger partial charge is 0.417 e. The average molecular weight is 283 g/mol. The number of nitrogens with two attached hydrogens (primary N) is 1. The van der Waals surface area contributed by atoms with Crippen molar-refractivity contribution < 1.29 is 22.4 Å². The first-order valence-electron chi connectivity index (χ1n) is 5.57. The van der Waals surface area contributed by atoms with Crippen LogP contribution in [0.5, 0.6) is 0 Å². The summed E-state index contributed by atoms with van der Waals surface area (Å²) in [6, 6.07) is 8.61. The molecule has 0 saturated carbocycles. The molecule has 6 heteroatoms. The van der Waals surface area contributed by atoms with E-state index in [1.54, 1.807) is 6.07 Å². The molecule has 104 valence electrons. The molecule has 0 spiro atoms. The highest BCUT2D eigenvalue weighted by molar-refractivity contribution is 5.95. The van der Waals surface area contributed by atoms with E-state index >= 15 is 0 Å². The first-order valence-corrected chi connectivity index (χ1v) is 5.57. The number of carbonyl (C=O) groups excluding carboxylic acids is 1. The van der Waals surface area contributed by atoms with Gasteiger partial charge in [-0.15, -0.1) is 0 Å². The summed E-state index contributed by atoms with van der Waals surface area (Å²) in [6.45, 7) is 0. The fourth-order valence-corrected chi connectivity index (χ4v) is 1.89. The van der Waals surface area contributed by atoms with Crippen molar-refractivity contribution in [3.63, 3.8) is 0 Å². The Bertz CT molecular complexity index is 650. The first kappa shape index (κ1) is 14.0. The van der Waals surface area contributed by atoms with E-state index in [0.29, 0.717) is 6.07 Å². The normalized spacial score (nSPS) is 11.4. The minimum Gasteiger partial charge on any atom is -0.366 e. The summed E-state index contributed by atoms with van der Waals surface area (Å²) in [7, 11) is 0. The van der Waals surface area contributed by atoms with Crippen LogP contribution in [0.2, 0.25) is 0 Å². The molecule has 2 rings (SSSR count). The summed E-state index contributed by atoms with van der Waals surface area (Å²) in [5, 5.41) is 0. The van der Waals surface area contributed by atoms with Crippen LogP contribution in [0.3, 0.4) is 0 Å². The molecule has 0 aromatic heterocycles. The molecule has 20 heavy (non-hydrogen) atoms. The van der Waals surface area contributed by atoms with Crippen molar-refractivity contribution in [3.8, 4) is 11.1 Å². The third-order valence-electron chi connectivity index (χ3n) is 2.78. The van der Waals surface area contributed by atoms with Gasteiger partial charge >= 0.3 is 6.18 Å². The number of carbonyl (C=O) groups is 1. The standard InChI is InChI=1S/C14H9F4NO/c15-12-9(13(19)20)6-7-10(14(16,17)18)11(12)8-4-2-1-3-5-8/h1-7H,(H2,19,20). The van der Waals surface area contributed by atoms with Gasteiger partial charge in [0.2, 0.25) is 0 Å². The van der Waals surface area contributed by atoms with Gasteiger partial charge in [0.1, 0.15) is 5.82 Å². The number of rotatable bonds is 2. The van der Waals surface area contributed by atoms with Crippen molar-refractivity contribution in [1.29, 1.82) is 0 Å². The molecule has 0 unspecified atom stereocenters. The number of amides is 1. The molecule has 0 atom stereocenters. The monoisotopic (exact) mass is 283 g/mol. The highest BCUT2D eigenvalue weighted by atomic mass is 19.4. The van der Waals surface area contributed by atoms with E-state index in [4.69, 9.17) is 5.73 Å². The minimum absolute atomic E-state index is 0.0282. The third kappa shape index (κ3) is 2.49. The lowest BCUT2D eigenvalue weighted by Gasteiger charge is -2.15. The molecule has 0 saturated heterocycles. The zero-order valence-electron chi connectivity index (χ0n) is 10.0. The fourth-order valence-electron chi connectivity index (χ4n) is 1.89. The van der Waals surface area contributed by atoms with Crippen molar-refractivity contribution >= 4 is 5.91 Å². The Hall–Kier alpha value is -2.37. The quantitative estimate of drug-likeness (QED) is 0.841. The lowest BCUT2D eigenvalue weighted by molar-refractivity contribution is -0.137. The average Bonchev–Trinajstić information content (AvgIpc) is 2.37. The zero-order valence-corrected chi connectivity index (χ0v) is 10.0. The predicted octanol–water partition coefficient (Wildman–Crippen LogP) is 3.61. The van der Waals surface area contributed by atoms with Gasteiger partial charge in [-0.25, -0.2) is 4.39 Å². The second-order valence-corrected chi connectivity index (χ2v) is 4.08. The van der Waals surface area contributed by atoms with E-state index in [1.807, 2.05) is 0 Å². The number of hydrogen-bond donors (Lipinski definition) is 1. The second kappa shape index (κ2) is 4.96. The Labute approximate surface area is 111 Å². The van der Waals surface area contributed by atoms with Crippen LogP contribution in [0.15, 0.2) is 42.5 Å². The molecule has 1 amide bonds. The van der Waals surface area contributed by atoms with Crippen LogP contribution in [0.1, 0.15) is 15.9 Å². The van der Waals surface area contributed by atoms with Gasteiger partial charge in [-0.2, -0.15) is 13.2 Å². The van der Waals surface area contributed by atoms with E-state index < -0.39 is 34.6 Å². The summed E-state index contributed by atoms with van der Waals surface area (Å²) in [6.07, 6.45) is -4.73. The second-order valence-electron chi connectivity index (χ2n) is 4.08. The lowest BCUT2D eigenvalue weighted by atomic mass is 9.95. The van der Waals surface area contributed by atoms with E-state index in [1.165, 1.54) is 24.3 Å². The number of hydrogen-bond acceptors (Lipinski definition) is 1. The summed E-state index contributed by atoms with van der Waals surface area (Å²) < 4.78 is 53.1. The van der Waals surface area contributed by atoms with E-state index in [9.17, 15) is 22.4 Å². The minimum atomic E-state index is -4.73. The molecule has 0 heterocycles. The Morgan fingerprint density at radius 1 is 1.00 bits per heavy atom. The molecule has 0 fully saturated rings. The van der Waals surface area contributed by atoms with Crippen LogP contribution in [-0.4, -0.2) is 5.91 Å². The van der Waals surface area contributed by atoms with Crippen LogP contribution < -0.4 is 5.73 Å². The summed E-state index contributed by atoms with van der Waals surface area (Å²) in [5.41, 5.74) is 2.60. The Balaban J connectivity index is 2.80. The van der Waals surface area contributed by atoms with Crippen molar-refractivity contribution in [1.82, 2.24) is 0 Å². The maximum atomic E-state index is 14.2. The number of halogens is 4. The molecule has 0 aliphatic carbocycles. The van der Waals surface area contributed by atoms with Crippen LogP contribution in [0.4, 0.5) is 17.6 Å². The molecular formula is C14H9F4NO. The van der Waals surface area contributed by atoms with Crippen molar-refractivity contribution in [3.05, 3.63) is 59.4 Å². The topological polar surface area (TPSA) is 43.1 Å². The Morgan fingerprint density at radius 3 is 2.10 bits per heavy atom. The zero-order chi connectivity index (χ0) is 14.9. The van der Waals surface area contributed by atoms with Gasteiger partial charge in [0.25, 0.3) is 5.91 Å². The molecular weight excluding hydrogens is 274 g/mol. The fraction of sp³-hybridized carbons (Fsp3) is 0.0714. The van der Waals surface area contributed by atoms with Crippen molar-refractivity contribution in [2.45, 2.75) is 6.18 Å². The van der Waals surface area contributed by atoms with E-state index in [2.05, 4.69) is 0 Å². The smallest absolute Gasteiger partial charge is 0.366 e. The van der Waals surface area contributed by atoms with Crippen LogP contribution in [0.25, 0.3) is 11.1 Å². The first-order chi connectivity index (χ1) is 9.32. The maximum absolute atomic E-state index is 14.2. The van der Waals surface area contributed by atoms with Crippen LogP contribution >= 0.6 is 0 Å². The number of alkyl halides is 3. The summed E-state index contributed by atoms with van der Waals surface area (Å²) >= 11 is 0. The van der Waals surface area contributed by atoms with Gasteiger partial charge in [-0.1, -0.05) is 30.3 Å². The van der Waals surface area contributed by atoms with Gasteiger partial charge in [-0.3, -0.25) is 4.79 Å². The predicted molar refractivity (Wildman–Crippen MR) is 65.4 cm³/mol. The molecule has 2 N–H and O–H groups in total. The van der Waals surface area contributed by atoms with Crippen LogP contribution in [-0.2, 0) is 6.18 Å². The van der Waals surface area contributed by atoms with Crippen LogP contribution in [0, 0.1) is 5.82 Å². The maximum Gasteiger partial charge on any atom is 0.417 e. The van der Waals surface area contributed by atoms with Gasteiger partial charge in [0.15, 0.2) is 0 Å². The summed E-state index contributed by atoms with van der Waals surface area (Å²) in [5.74, 6) is -2.38. The number of primary amides is 1. The highest BCUT2D eigenvalue weighted by Crippen LogP contribution is 2.39. The summed E-state index contributed by atoms with van der Waals surface area (Å²) in [4.78, 5) is 11.1. The highest BCUT2D eigenvalue weighted by Gasteiger charge is 2.36. The van der Waals surface area contributed by atoms with Gasteiger partial charge < -0.3 is 5.73 Å². The van der Waals surface area contributed by atoms with E-state index in [0.717, 1.165) is 6.07 Å². The SMILES string of the molecule is NC(=O)c1ccc(C(F)(F)F)c(-c2ccccc2)c1F. The van der Waals surface area contributed by atoms with Gasteiger partial charge in [0.05, 0.1) is 11.1 Å². The van der Waals surface area contributed by atoms with Gasteiger partial charge in [0, 0.05) is 5.56 Å². The molecule has 0 aliphatic heterocycles. The van der Waals surface area contributed by atoms with E-state index in [-0.39, 0.29) is 5.56 Å². The van der Waals surface area contributed by atoms with Crippen molar-refractivity contribution in [2.75, 3.05) is 0 Å². The number of benzene rings is 2. The van der Waals surface area contributed by atoms with Gasteiger partial charge in [-0.05, 0) is 17.7 Å². The lowest BCUT2D eigenvalue weighted by Crippen LogP contribution is -2.16. The molecule has 2 aromatic carbocycles. The molecule has 2 nitrogen and oxygen atoms in total. The van der Waals surface area contributed by atoms with Crippen molar-refractivity contribution in [2.24, 2.45) is 5.73 Å². The molecule has 0 radical (unpaired) electrons. The molecule has 0 aliphatic rings. The Kier molecular flexibility index (Phi) is 3.48. The molecule has 2 aromatic rings. The Morgan fingerprint density at radius 2 is 1.60 bits per heavy atom. The third-order valence-corrected chi connectivity index (χ3v) is 2.78. The molecule has 0 bridgehead atoms.